The van der Waals surface area contributed by atoms with Crippen molar-refractivity contribution in [2.24, 2.45) is 16.6 Å². The summed E-state index contributed by atoms with van der Waals surface area (Å²) < 4.78 is 26.3. The van der Waals surface area contributed by atoms with Crippen LogP contribution in [-0.2, 0) is 10.0 Å². The normalized spacial score (nSPS) is 24.8. The fourth-order valence-electron chi connectivity index (χ4n) is 3.40. The Morgan fingerprint density at radius 3 is 2.06 bits per heavy atom. The van der Waals surface area contributed by atoms with Gasteiger partial charge in [-0.05, 0) is 30.1 Å². The van der Waals surface area contributed by atoms with Gasteiger partial charge in [-0.2, -0.15) is 0 Å². The van der Waals surface area contributed by atoms with Gasteiger partial charge in [-0.25, -0.2) is 13.1 Å². The fraction of sp³-hybridized carbons (Fsp3) is 1.00. The van der Waals surface area contributed by atoms with Crippen LogP contribution in [-0.4, -0.2) is 26.8 Å². The maximum Gasteiger partial charge on any atom is 0.213 e. The number of sulfonamides is 1. The molecule has 0 aliphatic heterocycles. The molecule has 0 radical (unpaired) electrons. The van der Waals surface area contributed by atoms with Crippen LogP contribution in [0, 0.1) is 10.8 Å². The molecule has 1 fully saturated rings. The Hall–Kier alpha value is -0.130. The third-order valence-electron chi connectivity index (χ3n) is 3.29. The summed E-state index contributed by atoms with van der Waals surface area (Å²) >= 11 is 0. The van der Waals surface area contributed by atoms with E-state index in [9.17, 15) is 8.42 Å². The van der Waals surface area contributed by atoms with E-state index < -0.39 is 10.0 Å². The van der Waals surface area contributed by atoms with E-state index in [1.54, 1.807) is 0 Å². The van der Waals surface area contributed by atoms with Crippen LogP contribution in [0.25, 0.3) is 0 Å². The van der Waals surface area contributed by atoms with Crippen LogP contribution in [0.5, 0.6) is 0 Å². The van der Waals surface area contributed by atoms with Gasteiger partial charge in [0.2, 0.25) is 10.0 Å². The van der Waals surface area contributed by atoms with Crippen LogP contribution in [0.1, 0.15) is 47.0 Å². The highest BCUT2D eigenvalue weighted by molar-refractivity contribution is 7.89. The van der Waals surface area contributed by atoms with Crippen LogP contribution < -0.4 is 10.5 Å². The molecule has 0 aromatic rings. The number of rotatable bonds is 4. The zero-order valence-electron chi connectivity index (χ0n) is 11.4. The Morgan fingerprint density at radius 2 is 1.65 bits per heavy atom. The molecular weight excluding hydrogens is 236 g/mol. The summed E-state index contributed by atoms with van der Waals surface area (Å²) in [6, 6.07) is 0.0466. The van der Waals surface area contributed by atoms with Crippen molar-refractivity contribution in [2.45, 2.75) is 53.0 Å². The lowest BCUT2D eigenvalue weighted by Crippen LogP contribution is -2.47. The van der Waals surface area contributed by atoms with Crippen LogP contribution in [0.4, 0.5) is 0 Å². The Labute approximate surface area is 105 Å². The number of nitrogens with two attached hydrogens (primary N) is 1. The maximum absolute atomic E-state index is 11.7. The highest BCUT2D eigenvalue weighted by Crippen LogP contribution is 2.45. The Morgan fingerprint density at radius 1 is 1.18 bits per heavy atom. The molecule has 4 nitrogen and oxygen atoms in total. The monoisotopic (exact) mass is 262 g/mol. The van der Waals surface area contributed by atoms with Gasteiger partial charge in [0.25, 0.3) is 0 Å². The summed E-state index contributed by atoms with van der Waals surface area (Å²) in [5.41, 5.74) is 5.69. The molecule has 0 aromatic heterocycles. The molecule has 0 heterocycles. The van der Waals surface area contributed by atoms with E-state index in [2.05, 4.69) is 32.4 Å². The first-order chi connectivity index (χ1) is 7.55. The van der Waals surface area contributed by atoms with E-state index in [-0.39, 0.29) is 29.2 Å². The van der Waals surface area contributed by atoms with E-state index in [1.165, 1.54) is 0 Å². The first kappa shape index (κ1) is 14.9. The summed E-state index contributed by atoms with van der Waals surface area (Å²) in [5, 5.41) is 0. The topological polar surface area (TPSA) is 72.2 Å². The van der Waals surface area contributed by atoms with Crippen molar-refractivity contribution in [1.29, 1.82) is 0 Å². The van der Waals surface area contributed by atoms with Crippen LogP contribution in [0.3, 0.4) is 0 Å². The van der Waals surface area contributed by atoms with Crippen molar-refractivity contribution in [3.8, 4) is 0 Å². The zero-order valence-corrected chi connectivity index (χ0v) is 12.2. The smallest absolute Gasteiger partial charge is 0.213 e. The molecule has 17 heavy (non-hydrogen) atoms. The van der Waals surface area contributed by atoms with Crippen LogP contribution in [0.15, 0.2) is 0 Å². The highest BCUT2D eigenvalue weighted by atomic mass is 32.2. The standard InChI is InChI=1S/C12H26N2O2S/c1-11(2)7-10(8-12(3,4)9-11)14-17(15,16)6-5-13/h10,14H,5-9,13H2,1-4H3. The second kappa shape index (κ2) is 4.86. The second-order valence-electron chi connectivity index (χ2n) is 6.84. The molecular formula is C12H26N2O2S. The van der Waals surface area contributed by atoms with E-state index in [0.29, 0.717) is 0 Å². The molecule has 5 heteroatoms. The largest absolute Gasteiger partial charge is 0.329 e. The van der Waals surface area contributed by atoms with Crippen molar-refractivity contribution in [1.82, 2.24) is 4.72 Å². The van der Waals surface area contributed by atoms with E-state index >= 15 is 0 Å². The van der Waals surface area contributed by atoms with Gasteiger partial charge >= 0.3 is 0 Å². The van der Waals surface area contributed by atoms with Gasteiger partial charge < -0.3 is 5.73 Å². The number of hydrogen-bond donors (Lipinski definition) is 2. The minimum Gasteiger partial charge on any atom is -0.329 e. The SMILES string of the molecule is CC1(C)CC(NS(=O)(=O)CCN)CC(C)(C)C1. The van der Waals surface area contributed by atoms with Gasteiger partial charge in [0, 0.05) is 12.6 Å². The molecule has 0 unspecified atom stereocenters. The van der Waals surface area contributed by atoms with Gasteiger partial charge in [0.15, 0.2) is 0 Å². The number of nitrogens with one attached hydrogen (secondary N) is 1. The minimum absolute atomic E-state index is 0.0182. The van der Waals surface area contributed by atoms with Gasteiger partial charge in [-0.1, -0.05) is 27.7 Å². The average Bonchev–Trinajstić information content (AvgIpc) is 1.94. The van der Waals surface area contributed by atoms with Crippen molar-refractivity contribution < 1.29 is 8.42 Å². The summed E-state index contributed by atoms with van der Waals surface area (Å²) in [5.74, 6) is 0.0182. The van der Waals surface area contributed by atoms with Crippen molar-refractivity contribution >= 4 is 10.0 Å². The Kier molecular flexibility index (Phi) is 4.27. The van der Waals surface area contributed by atoms with E-state index in [0.717, 1.165) is 19.3 Å². The molecule has 1 rings (SSSR count). The average molecular weight is 262 g/mol. The van der Waals surface area contributed by atoms with Gasteiger partial charge in [-0.15, -0.1) is 0 Å². The highest BCUT2D eigenvalue weighted by Gasteiger charge is 2.39. The predicted molar refractivity (Wildman–Crippen MR) is 71.2 cm³/mol. The zero-order chi connectivity index (χ0) is 13.3. The van der Waals surface area contributed by atoms with Gasteiger partial charge in [-0.3, -0.25) is 0 Å². The molecule has 3 N–H and O–H groups in total. The summed E-state index contributed by atoms with van der Waals surface area (Å²) in [7, 11) is -3.21. The van der Waals surface area contributed by atoms with Crippen molar-refractivity contribution in [2.75, 3.05) is 12.3 Å². The molecule has 102 valence electrons. The Bertz CT molecular complexity index is 345. The molecule has 0 aromatic carbocycles. The molecule has 0 amide bonds. The minimum atomic E-state index is -3.21. The summed E-state index contributed by atoms with van der Waals surface area (Å²) in [6.07, 6.45) is 2.94. The molecule has 0 saturated heterocycles. The molecule has 1 aliphatic carbocycles. The molecule has 0 spiro atoms. The summed E-state index contributed by atoms with van der Waals surface area (Å²) in [4.78, 5) is 0. The number of hydrogen-bond acceptors (Lipinski definition) is 3. The van der Waals surface area contributed by atoms with Crippen LogP contribution in [0.2, 0.25) is 0 Å². The third-order valence-corrected chi connectivity index (χ3v) is 4.75. The first-order valence-electron chi connectivity index (χ1n) is 6.25. The van der Waals surface area contributed by atoms with Crippen LogP contribution >= 0.6 is 0 Å². The molecule has 1 aliphatic rings. The molecule has 1 saturated carbocycles. The molecule has 0 atom stereocenters. The lowest BCUT2D eigenvalue weighted by Gasteiger charge is -2.45. The van der Waals surface area contributed by atoms with Crippen molar-refractivity contribution in [3.05, 3.63) is 0 Å². The third kappa shape index (κ3) is 4.94. The first-order valence-corrected chi connectivity index (χ1v) is 7.91. The second-order valence-corrected chi connectivity index (χ2v) is 8.71. The predicted octanol–water partition coefficient (Wildman–Crippen LogP) is 1.47. The quantitative estimate of drug-likeness (QED) is 0.806. The molecule has 0 bridgehead atoms. The maximum atomic E-state index is 11.7. The van der Waals surface area contributed by atoms with Gasteiger partial charge in [0.05, 0.1) is 5.75 Å². The van der Waals surface area contributed by atoms with Crippen molar-refractivity contribution in [3.63, 3.8) is 0 Å². The van der Waals surface area contributed by atoms with Gasteiger partial charge in [0.1, 0.15) is 0 Å². The Balaban J connectivity index is 2.72. The fourth-order valence-corrected chi connectivity index (χ4v) is 4.50. The lowest BCUT2D eigenvalue weighted by molar-refractivity contribution is 0.0934. The van der Waals surface area contributed by atoms with E-state index in [1.807, 2.05) is 0 Å². The summed E-state index contributed by atoms with van der Waals surface area (Å²) in [6.45, 7) is 9.00. The lowest BCUT2D eigenvalue weighted by atomic mass is 9.64. The van der Waals surface area contributed by atoms with E-state index in [4.69, 9.17) is 5.73 Å².